The van der Waals surface area contributed by atoms with Crippen LogP contribution in [0, 0.1) is 11.3 Å². The van der Waals surface area contributed by atoms with Gasteiger partial charge in [-0.1, -0.05) is 13.0 Å². The Labute approximate surface area is 141 Å². The summed E-state index contributed by atoms with van der Waals surface area (Å²) in [6.07, 6.45) is 0.680. The molecule has 3 aromatic rings. The van der Waals surface area contributed by atoms with Crippen LogP contribution in [0.2, 0.25) is 0 Å². The molecule has 9 nitrogen and oxygen atoms in total. The van der Waals surface area contributed by atoms with Gasteiger partial charge in [0.05, 0.1) is 22.5 Å². The van der Waals surface area contributed by atoms with Crippen LogP contribution < -0.4 is 10.9 Å². The molecule has 2 heterocycles. The van der Waals surface area contributed by atoms with Gasteiger partial charge in [0.25, 0.3) is 5.56 Å². The SMILES string of the molecule is CCC(NC(=O)O)c1nc2c(C#N)cccc2c(=O)n1-c1cc[nH]n1. The molecule has 0 aliphatic heterocycles. The first-order chi connectivity index (χ1) is 12.1. The van der Waals surface area contributed by atoms with Gasteiger partial charge in [-0.2, -0.15) is 10.4 Å². The average molecular weight is 338 g/mol. The number of carbonyl (C=O) groups is 1. The maximum Gasteiger partial charge on any atom is 0.405 e. The fourth-order valence-electron chi connectivity index (χ4n) is 2.65. The fraction of sp³-hybridized carbons (Fsp3) is 0.188. The van der Waals surface area contributed by atoms with Crippen LogP contribution in [-0.2, 0) is 0 Å². The molecule has 0 saturated heterocycles. The number of aromatic nitrogens is 4. The molecule has 0 fully saturated rings. The summed E-state index contributed by atoms with van der Waals surface area (Å²) < 4.78 is 1.25. The molecular formula is C16H14N6O3. The number of H-pyrrole nitrogens is 1. The molecule has 126 valence electrons. The lowest BCUT2D eigenvalue weighted by atomic mass is 10.1. The van der Waals surface area contributed by atoms with Gasteiger partial charge in [0.1, 0.15) is 11.9 Å². The van der Waals surface area contributed by atoms with Crippen LogP contribution in [0.15, 0.2) is 35.3 Å². The van der Waals surface area contributed by atoms with E-state index in [-0.39, 0.29) is 22.3 Å². The number of rotatable bonds is 4. The third kappa shape index (κ3) is 2.81. The Kier molecular flexibility index (Phi) is 4.18. The quantitative estimate of drug-likeness (QED) is 0.662. The highest BCUT2D eigenvalue weighted by Crippen LogP contribution is 2.21. The maximum atomic E-state index is 13.0. The molecule has 3 rings (SSSR count). The summed E-state index contributed by atoms with van der Waals surface area (Å²) in [5, 5.41) is 27.6. The number of amides is 1. The van der Waals surface area contributed by atoms with E-state index in [1.807, 2.05) is 6.07 Å². The van der Waals surface area contributed by atoms with E-state index in [4.69, 9.17) is 5.11 Å². The van der Waals surface area contributed by atoms with E-state index in [0.29, 0.717) is 12.2 Å². The van der Waals surface area contributed by atoms with E-state index < -0.39 is 17.7 Å². The smallest absolute Gasteiger partial charge is 0.405 e. The monoisotopic (exact) mass is 338 g/mol. The number of aromatic amines is 1. The Balaban J connectivity index is 2.40. The normalized spacial score (nSPS) is 11.8. The molecule has 25 heavy (non-hydrogen) atoms. The van der Waals surface area contributed by atoms with Crippen LogP contribution in [0.3, 0.4) is 0 Å². The van der Waals surface area contributed by atoms with Gasteiger partial charge >= 0.3 is 6.09 Å². The van der Waals surface area contributed by atoms with Crippen molar-refractivity contribution in [3.8, 4) is 11.9 Å². The average Bonchev–Trinajstić information content (AvgIpc) is 3.13. The zero-order valence-electron chi connectivity index (χ0n) is 13.2. The largest absolute Gasteiger partial charge is 0.465 e. The Morgan fingerprint density at radius 1 is 1.48 bits per heavy atom. The van der Waals surface area contributed by atoms with Crippen molar-refractivity contribution in [2.24, 2.45) is 0 Å². The summed E-state index contributed by atoms with van der Waals surface area (Å²) in [6.45, 7) is 1.77. The highest BCUT2D eigenvalue weighted by Gasteiger charge is 2.23. The Morgan fingerprint density at radius 2 is 2.28 bits per heavy atom. The molecule has 2 aromatic heterocycles. The summed E-state index contributed by atoms with van der Waals surface area (Å²) in [5.41, 5.74) is 0.0625. The minimum atomic E-state index is -1.23. The van der Waals surface area contributed by atoms with Crippen LogP contribution in [0.5, 0.6) is 0 Å². The fourth-order valence-corrected chi connectivity index (χ4v) is 2.65. The lowest BCUT2D eigenvalue weighted by molar-refractivity contribution is 0.188. The molecule has 1 unspecified atom stereocenters. The van der Waals surface area contributed by atoms with E-state index in [2.05, 4.69) is 20.5 Å². The van der Waals surface area contributed by atoms with Gasteiger partial charge in [0.15, 0.2) is 5.82 Å². The number of hydrogen-bond donors (Lipinski definition) is 3. The third-order valence-electron chi connectivity index (χ3n) is 3.78. The van der Waals surface area contributed by atoms with Gasteiger partial charge in [-0.05, 0) is 18.6 Å². The highest BCUT2D eigenvalue weighted by atomic mass is 16.4. The maximum absolute atomic E-state index is 13.0. The van der Waals surface area contributed by atoms with Gasteiger partial charge in [-0.3, -0.25) is 9.89 Å². The molecule has 1 amide bonds. The van der Waals surface area contributed by atoms with Gasteiger partial charge < -0.3 is 10.4 Å². The molecule has 0 saturated carbocycles. The molecule has 0 aliphatic carbocycles. The van der Waals surface area contributed by atoms with E-state index in [0.717, 1.165) is 0 Å². The van der Waals surface area contributed by atoms with E-state index in [9.17, 15) is 14.9 Å². The van der Waals surface area contributed by atoms with E-state index in [1.165, 1.54) is 4.57 Å². The number of benzene rings is 1. The molecule has 0 bridgehead atoms. The molecule has 1 aromatic carbocycles. The lowest BCUT2D eigenvalue weighted by Crippen LogP contribution is -2.33. The first-order valence-corrected chi connectivity index (χ1v) is 7.52. The molecule has 9 heteroatoms. The number of nitriles is 1. The predicted molar refractivity (Wildman–Crippen MR) is 88.4 cm³/mol. The molecule has 0 radical (unpaired) electrons. The number of nitrogens with one attached hydrogen (secondary N) is 2. The van der Waals surface area contributed by atoms with Crippen molar-refractivity contribution in [2.45, 2.75) is 19.4 Å². The molecule has 3 N–H and O–H groups in total. The number of carboxylic acid groups (broad SMARTS) is 1. The summed E-state index contributed by atoms with van der Waals surface area (Å²) >= 11 is 0. The molecular weight excluding hydrogens is 324 g/mol. The predicted octanol–water partition coefficient (Wildman–Crippen LogP) is 1.70. The summed E-state index contributed by atoms with van der Waals surface area (Å²) in [7, 11) is 0. The number of fused-ring (bicyclic) bond motifs is 1. The standard InChI is InChI=1S/C16H14N6O3/c1-2-11(19-16(24)25)14-20-13-9(8-17)4-3-5-10(13)15(23)22(14)12-6-7-18-21-12/h3-7,11,19H,2H2,1H3,(H,18,21)(H,24,25). The number of nitrogens with zero attached hydrogens (tertiary/aromatic N) is 4. The highest BCUT2D eigenvalue weighted by molar-refractivity contribution is 5.83. The number of para-hydroxylation sites is 1. The van der Waals surface area contributed by atoms with E-state index >= 15 is 0 Å². The van der Waals surface area contributed by atoms with Crippen LogP contribution in [-0.4, -0.2) is 30.9 Å². The van der Waals surface area contributed by atoms with Crippen molar-refractivity contribution in [3.05, 3.63) is 52.2 Å². The van der Waals surface area contributed by atoms with Crippen LogP contribution in [0.25, 0.3) is 16.7 Å². The van der Waals surface area contributed by atoms with Crippen molar-refractivity contribution in [2.75, 3.05) is 0 Å². The lowest BCUT2D eigenvalue weighted by Gasteiger charge is -2.19. The Bertz CT molecular complexity index is 1030. The molecule has 0 aliphatic rings. The van der Waals surface area contributed by atoms with Crippen LogP contribution in [0.4, 0.5) is 4.79 Å². The second-order valence-electron chi connectivity index (χ2n) is 5.27. The summed E-state index contributed by atoms with van der Waals surface area (Å²) in [6, 6.07) is 7.59. The van der Waals surface area contributed by atoms with Crippen molar-refractivity contribution in [1.29, 1.82) is 5.26 Å². The Morgan fingerprint density at radius 3 is 2.88 bits per heavy atom. The van der Waals surface area contributed by atoms with Crippen LogP contribution in [0.1, 0.15) is 30.8 Å². The zero-order chi connectivity index (χ0) is 18.0. The van der Waals surface area contributed by atoms with Gasteiger partial charge in [-0.15, -0.1) is 0 Å². The van der Waals surface area contributed by atoms with Gasteiger partial charge in [0.2, 0.25) is 0 Å². The van der Waals surface area contributed by atoms with Crippen molar-refractivity contribution in [3.63, 3.8) is 0 Å². The van der Waals surface area contributed by atoms with E-state index in [1.54, 1.807) is 37.4 Å². The molecule has 0 spiro atoms. The topological polar surface area (TPSA) is 137 Å². The second kappa shape index (κ2) is 6.45. The van der Waals surface area contributed by atoms with Crippen molar-refractivity contribution < 1.29 is 9.90 Å². The van der Waals surface area contributed by atoms with Crippen molar-refractivity contribution >= 4 is 17.0 Å². The minimum Gasteiger partial charge on any atom is -0.465 e. The molecule has 1 atom stereocenters. The van der Waals surface area contributed by atoms with Gasteiger partial charge in [-0.25, -0.2) is 14.3 Å². The van der Waals surface area contributed by atoms with Crippen molar-refractivity contribution in [1.82, 2.24) is 25.1 Å². The summed E-state index contributed by atoms with van der Waals surface area (Å²) in [5.74, 6) is 0.472. The number of hydrogen-bond acceptors (Lipinski definition) is 5. The summed E-state index contributed by atoms with van der Waals surface area (Å²) in [4.78, 5) is 28.6. The van der Waals surface area contributed by atoms with Crippen LogP contribution >= 0.6 is 0 Å². The minimum absolute atomic E-state index is 0.178. The van der Waals surface area contributed by atoms with Gasteiger partial charge in [0, 0.05) is 12.3 Å². The Hall–Kier alpha value is -3.67. The first kappa shape index (κ1) is 16.2. The third-order valence-corrected chi connectivity index (χ3v) is 3.78. The second-order valence-corrected chi connectivity index (χ2v) is 5.27. The first-order valence-electron chi connectivity index (χ1n) is 7.52. The zero-order valence-corrected chi connectivity index (χ0v) is 13.2.